The second kappa shape index (κ2) is 4.55. The van der Waals surface area contributed by atoms with Gasteiger partial charge in [0, 0.05) is 13.5 Å². The summed E-state index contributed by atoms with van der Waals surface area (Å²) in [5.74, 6) is 0.805. The van der Waals surface area contributed by atoms with Crippen molar-refractivity contribution in [2.75, 3.05) is 0 Å². The van der Waals surface area contributed by atoms with E-state index in [9.17, 15) is 0 Å². The smallest absolute Gasteiger partial charge is 0.123 e. The maximum absolute atomic E-state index is 6.19. The molecule has 92 valence electrons. The van der Waals surface area contributed by atoms with Crippen molar-refractivity contribution in [3.8, 4) is 0 Å². The summed E-state index contributed by atoms with van der Waals surface area (Å²) >= 11 is 6.19. The molecule has 0 fully saturated rings. The molecule has 2 aromatic heterocycles. The highest BCUT2D eigenvalue weighted by atomic mass is 35.5. The van der Waals surface area contributed by atoms with E-state index < -0.39 is 0 Å². The van der Waals surface area contributed by atoms with E-state index in [1.807, 2.05) is 27.0 Å². The van der Waals surface area contributed by atoms with Gasteiger partial charge >= 0.3 is 0 Å². The zero-order valence-electron chi connectivity index (χ0n) is 10.2. The lowest BCUT2D eigenvalue weighted by atomic mass is 10.1. The quantitative estimate of drug-likeness (QED) is 0.915. The van der Waals surface area contributed by atoms with Gasteiger partial charge < -0.3 is 10.2 Å². The lowest BCUT2D eigenvalue weighted by Crippen LogP contribution is -2.15. The van der Waals surface area contributed by atoms with Crippen LogP contribution in [0.25, 0.3) is 0 Å². The summed E-state index contributed by atoms with van der Waals surface area (Å²) in [6.07, 6.45) is 2.27. The third-order valence-electron chi connectivity index (χ3n) is 2.91. The molecule has 0 bridgehead atoms. The van der Waals surface area contributed by atoms with Gasteiger partial charge in [0.1, 0.15) is 5.76 Å². The Balaban J connectivity index is 2.24. The zero-order valence-corrected chi connectivity index (χ0v) is 11.0. The number of halogens is 1. The monoisotopic (exact) mass is 253 g/mol. The molecule has 17 heavy (non-hydrogen) atoms. The molecule has 0 spiro atoms. The summed E-state index contributed by atoms with van der Waals surface area (Å²) in [5, 5.41) is 4.95. The SMILES string of the molecule is Cc1ccoc1C(N)Cc1c(Cl)c(C)nn1C. The van der Waals surface area contributed by atoms with E-state index >= 15 is 0 Å². The molecule has 1 unspecified atom stereocenters. The molecule has 5 heteroatoms. The number of furan rings is 1. The summed E-state index contributed by atoms with van der Waals surface area (Å²) in [6.45, 7) is 3.87. The van der Waals surface area contributed by atoms with E-state index in [4.69, 9.17) is 21.8 Å². The molecular weight excluding hydrogens is 238 g/mol. The van der Waals surface area contributed by atoms with Crippen LogP contribution in [0.3, 0.4) is 0 Å². The largest absolute Gasteiger partial charge is 0.467 e. The molecule has 0 aromatic carbocycles. The van der Waals surface area contributed by atoms with Crippen molar-refractivity contribution in [3.05, 3.63) is 40.1 Å². The van der Waals surface area contributed by atoms with Crippen LogP contribution in [0.1, 0.15) is 28.8 Å². The number of nitrogens with two attached hydrogens (primary N) is 1. The van der Waals surface area contributed by atoms with Crippen molar-refractivity contribution in [3.63, 3.8) is 0 Å². The predicted octanol–water partition coefficient (Wildman–Crippen LogP) is 2.53. The molecule has 2 heterocycles. The van der Waals surface area contributed by atoms with Gasteiger partial charge in [-0.15, -0.1) is 0 Å². The molecule has 2 aromatic rings. The number of nitrogens with zero attached hydrogens (tertiary/aromatic N) is 2. The van der Waals surface area contributed by atoms with Crippen LogP contribution in [0.2, 0.25) is 5.02 Å². The van der Waals surface area contributed by atoms with Gasteiger partial charge in [-0.3, -0.25) is 4.68 Å². The summed E-state index contributed by atoms with van der Waals surface area (Å²) in [5.41, 5.74) is 8.95. The summed E-state index contributed by atoms with van der Waals surface area (Å²) in [4.78, 5) is 0. The zero-order chi connectivity index (χ0) is 12.6. The van der Waals surface area contributed by atoms with Crippen LogP contribution in [0.4, 0.5) is 0 Å². The van der Waals surface area contributed by atoms with Gasteiger partial charge in [0.25, 0.3) is 0 Å². The Hall–Kier alpha value is -1.26. The Morgan fingerprint density at radius 3 is 2.71 bits per heavy atom. The summed E-state index contributed by atoms with van der Waals surface area (Å²) < 4.78 is 7.16. The van der Waals surface area contributed by atoms with Crippen LogP contribution in [-0.2, 0) is 13.5 Å². The number of hydrogen-bond acceptors (Lipinski definition) is 3. The third-order valence-corrected chi connectivity index (χ3v) is 3.41. The standard InChI is InChI=1S/C12H16ClN3O/c1-7-4-5-17-12(7)9(14)6-10-11(13)8(2)15-16(10)3/h4-5,9H,6,14H2,1-3H3. The van der Waals surface area contributed by atoms with Crippen molar-refractivity contribution < 1.29 is 4.42 Å². The normalized spacial score (nSPS) is 13.0. The highest BCUT2D eigenvalue weighted by molar-refractivity contribution is 6.31. The molecule has 4 nitrogen and oxygen atoms in total. The average Bonchev–Trinajstić information content (AvgIpc) is 2.78. The lowest BCUT2D eigenvalue weighted by molar-refractivity contribution is 0.456. The number of aromatic nitrogens is 2. The highest BCUT2D eigenvalue weighted by Crippen LogP contribution is 2.26. The Bertz CT molecular complexity index is 530. The van der Waals surface area contributed by atoms with E-state index in [1.165, 1.54) is 0 Å². The minimum atomic E-state index is -0.197. The first-order chi connectivity index (χ1) is 8.00. The summed E-state index contributed by atoms with van der Waals surface area (Å²) in [7, 11) is 1.87. The van der Waals surface area contributed by atoms with E-state index in [0.717, 1.165) is 22.7 Å². The van der Waals surface area contributed by atoms with Gasteiger partial charge in [-0.1, -0.05) is 11.6 Å². The van der Waals surface area contributed by atoms with Crippen LogP contribution in [0, 0.1) is 13.8 Å². The minimum Gasteiger partial charge on any atom is -0.467 e. The molecule has 0 aliphatic heterocycles. The Morgan fingerprint density at radius 2 is 2.24 bits per heavy atom. The molecule has 1 atom stereocenters. The van der Waals surface area contributed by atoms with Gasteiger partial charge in [0.15, 0.2) is 0 Å². The second-order valence-corrected chi connectivity index (χ2v) is 4.63. The fourth-order valence-electron chi connectivity index (χ4n) is 1.97. The minimum absolute atomic E-state index is 0.197. The molecule has 0 amide bonds. The maximum Gasteiger partial charge on any atom is 0.123 e. The van der Waals surface area contributed by atoms with Crippen molar-refractivity contribution in [2.24, 2.45) is 12.8 Å². The van der Waals surface area contributed by atoms with Gasteiger partial charge in [-0.05, 0) is 25.5 Å². The third kappa shape index (κ3) is 2.23. The molecular formula is C12H16ClN3O. The molecule has 0 aliphatic rings. The molecule has 0 saturated carbocycles. The Kier molecular flexibility index (Phi) is 3.26. The van der Waals surface area contributed by atoms with E-state index in [1.54, 1.807) is 10.9 Å². The fraction of sp³-hybridized carbons (Fsp3) is 0.417. The second-order valence-electron chi connectivity index (χ2n) is 4.25. The molecule has 2 rings (SSSR count). The molecule has 0 aliphatic carbocycles. The van der Waals surface area contributed by atoms with Crippen LogP contribution >= 0.6 is 11.6 Å². The molecule has 0 saturated heterocycles. The fourth-order valence-corrected chi connectivity index (χ4v) is 2.20. The molecule has 0 radical (unpaired) electrons. The van der Waals surface area contributed by atoms with Gasteiger partial charge in [-0.2, -0.15) is 5.10 Å². The van der Waals surface area contributed by atoms with Gasteiger partial charge in [-0.25, -0.2) is 0 Å². The highest BCUT2D eigenvalue weighted by Gasteiger charge is 2.18. The first-order valence-electron chi connectivity index (χ1n) is 5.48. The maximum atomic E-state index is 6.19. The van der Waals surface area contributed by atoms with Crippen LogP contribution in [0.5, 0.6) is 0 Å². The first-order valence-corrected chi connectivity index (χ1v) is 5.86. The van der Waals surface area contributed by atoms with Crippen molar-refractivity contribution in [2.45, 2.75) is 26.3 Å². The van der Waals surface area contributed by atoms with E-state index in [2.05, 4.69) is 5.10 Å². The predicted molar refractivity (Wildman–Crippen MR) is 67.0 cm³/mol. The lowest BCUT2D eigenvalue weighted by Gasteiger charge is -2.10. The molecule has 2 N–H and O–H groups in total. The number of rotatable bonds is 3. The van der Waals surface area contributed by atoms with Crippen molar-refractivity contribution >= 4 is 11.6 Å². The van der Waals surface area contributed by atoms with E-state index in [-0.39, 0.29) is 6.04 Å². The number of aryl methyl sites for hydroxylation is 3. The topological polar surface area (TPSA) is 57.0 Å². The van der Waals surface area contributed by atoms with Crippen molar-refractivity contribution in [1.82, 2.24) is 9.78 Å². The first kappa shape index (κ1) is 12.2. The number of hydrogen-bond donors (Lipinski definition) is 1. The summed E-state index contributed by atoms with van der Waals surface area (Å²) in [6, 6.07) is 1.71. The average molecular weight is 254 g/mol. The van der Waals surface area contributed by atoms with Gasteiger partial charge in [0.2, 0.25) is 0 Å². The van der Waals surface area contributed by atoms with Crippen LogP contribution in [-0.4, -0.2) is 9.78 Å². The van der Waals surface area contributed by atoms with Crippen LogP contribution in [0.15, 0.2) is 16.7 Å². The van der Waals surface area contributed by atoms with E-state index in [0.29, 0.717) is 11.4 Å². The Morgan fingerprint density at radius 1 is 1.53 bits per heavy atom. The Labute approximate surface area is 105 Å². The van der Waals surface area contributed by atoms with Crippen molar-refractivity contribution in [1.29, 1.82) is 0 Å². The van der Waals surface area contributed by atoms with Crippen LogP contribution < -0.4 is 5.73 Å². The van der Waals surface area contributed by atoms with Gasteiger partial charge in [0.05, 0.1) is 28.7 Å².